The van der Waals surface area contributed by atoms with Crippen LogP contribution in [0.15, 0.2) is 34.2 Å². The minimum Gasteiger partial charge on any atom is -0.375 e. The Balaban J connectivity index is 1.34. The largest absolute Gasteiger partial charge is 0.375 e. The minimum atomic E-state index is -3.37. The van der Waals surface area contributed by atoms with Gasteiger partial charge in [-0.2, -0.15) is 4.31 Å². The van der Waals surface area contributed by atoms with Crippen molar-refractivity contribution in [2.24, 2.45) is 4.99 Å². The second-order valence-corrected chi connectivity index (χ2v) is 10.0. The Labute approximate surface area is 179 Å². The lowest BCUT2D eigenvalue weighted by molar-refractivity contribution is -0.0817. The third-order valence-electron chi connectivity index (χ3n) is 6.06. The number of benzene rings is 1. The second-order valence-electron chi connectivity index (χ2n) is 8.06. The predicted octanol–water partition coefficient (Wildman–Crippen LogP) is 1.43. The molecule has 0 amide bonds. The predicted molar refractivity (Wildman–Crippen MR) is 115 cm³/mol. The van der Waals surface area contributed by atoms with Crippen LogP contribution in [0.5, 0.6) is 0 Å². The summed E-state index contributed by atoms with van der Waals surface area (Å²) in [5, 5.41) is 3.40. The Morgan fingerprint density at radius 1 is 1.07 bits per heavy atom. The maximum Gasteiger partial charge on any atom is 0.243 e. The second kappa shape index (κ2) is 9.64. The average Bonchev–Trinajstić information content (AvgIpc) is 3.49. The van der Waals surface area contributed by atoms with Gasteiger partial charge >= 0.3 is 0 Å². The van der Waals surface area contributed by atoms with Crippen LogP contribution >= 0.6 is 0 Å². The lowest BCUT2D eigenvalue weighted by Gasteiger charge is -2.37. The number of hydrogen-bond donors (Lipinski definition) is 1. The lowest BCUT2D eigenvalue weighted by Crippen LogP contribution is -2.53. The summed E-state index contributed by atoms with van der Waals surface area (Å²) in [5.74, 6) is 0.829. The summed E-state index contributed by atoms with van der Waals surface area (Å²) in [6, 6.07) is 7.15. The maximum atomic E-state index is 12.7. The first-order valence-electron chi connectivity index (χ1n) is 10.9. The molecule has 1 aromatic rings. The summed E-state index contributed by atoms with van der Waals surface area (Å²) in [6.07, 6.45) is 4.29. The summed E-state index contributed by atoms with van der Waals surface area (Å²) in [4.78, 5) is 7.01. The molecule has 4 rings (SSSR count). The van der Waals surface area contributed by atoms with Gasteiger partial charge in [0.25, 0.3) is 0 Å². The molecule has 3 fully saturated rings. The van der Waals surface area contributed by atoms with Gasteiger partial charge in [-0.05, 0) is 43.4 Å². The van der Waals surface area contributed by atoms with Gasteiger partial charge in [-0.1, -0.05) is 12.1 Å². The standard InChI is InChI=1S/C21H32N4O4S/c1-22-21(24-12-14-29-20(16-24)19-5-4-13-28-19)23-15-17-6-8-18(9-7-17)30(26,27)25-10-2-3-11-25/h6-9,19-20H,2-5,10-16H2,1H3,(H,22,23). The molecule has 0 bridgehead atoms. The van der Waals surface area contributed by atoms with E-state index in [1.54, 1.807) is 23.5 Å². The number of nitrogens with zero attached hydrogens (tertiary/aromatic N) is 3. The van der Waals surface area contributed by atoms with Crippen molar-refractivity contribution in [3.05, 3.63) is 29.8 Å². The van der Waals surface area contributed by atoms with E-state index in [0.29, 0.717) is 31.1 Å². The molecule has 1 N–H and O–H groups in total. The number of morpholine rings is 1. The fraction of sp³-hybridized carbons (Fsp3) is 0.667. The molecule has 3 aliphatic heterocycles. The zero-order valence-corrected chi connectivity index (χ0v) is 18.4. The van der Waals surface area contributed by atoms with Crippen LogP contribution in [0.4, 0.5) is 0 Å². The zero-order valence-electron chi connectivity index (χ0n) is 17.6. The van der Waals surface area contributed by atoms with Crippen LogP contribution < -0.4 is 5.32 Å². The van der Waals surface area contributed by atoms with Crippen LogP contribution in [0.1, 0.15) is 31.2 Å². The van der Waals surface area contributed by atoms with Crippen molar-refractivity contribution in [3.63, 3.8) is 0 Å². The summed E-state index contributed by atoms with van der Waals surface area (Å²) in [7, 11) is -1.59. The maximum absolute atomic E-state index is 12.7. The molecule has 2 unspecified atom stereocenters. The Morgan fingerprint density at radius 2 is 1.80 bits per heavy atom. The van der Waals surface area contributed by atoms with Gasteiger partial charge in [0.2, 0.25) is 10.0 Å². The molecule has 0 aromatic heterocycles. The van der Waals surface area contributed by atoms with Crippen molar-refractivity contribution < 1.29 is 17.9 Å². The van der Waals surface area contributed by atoms with E-state index in [0.717, 1.165) is 56.9 Å². The molecule has 1 aromatic carbocycles. The third kappa shape index (κ3) is 4.80. The molecule has 30 heavy (non-hydrogen) atoms. The fourth-order valence-corrected chi connectivity index (χ4v) is 5.88. The molecule has 9 heteroatoms. The molecule has 0 spiro atoms. The van der Waals surface area contributed by atoms with E-state index in [2.05, 4.69) is 15.2 Å². The summed E-state index contributed by atoms with van der Waals surface area (Å²) in [6.45, 7) is 4.85. The van der Waals surface area contributed by atoms with Crippen LogP contribution in [0.25, 0.3) is 0 Å². The normalized spacial score (nSPS) is 26.3. The van der Waals surface area contributed by atoms with Gasteiger partial charge in [0.15, 0.2) is 5.96 Å². The molecule has 3 saturated heterocycles. The van der Waals surface area contributed by atoms with E-state index in [1.807, 2.05) is 12.1 Å². The van der Waals surface area contributed by atoms with E-state index >= 15 is 0 Å². The number of hydrogen-bond acceptors (Lipinski definition) is 5. The lowest BCUT2D eigenvalue weighted by atomic mass is 10.1. The highest BCUT2D eigenvalue weighted by Gasteiger charge is 2.32. The van der Waals surface area contributed by atoms with E-state index < -0.39 is 10.0 Å². The van der Waals surface area contributed by atoms with Gasteiger partial charge in [-0.25, -0.2) is 8.42 Å². The highest BCUT2D eigenvalue weighted by molar-refractivity contribution is 7.89. The zero-order chi connectivity index (χ0) is 21.0. The molecule has 0 radical (unpaired) electrons. The van der Waals surface area contributed by atoms with E-state index in [9.17, 15) is 8.42 Å². The Morgan fingerprint density at radius 3 is 2.47 bits per heavy atom. The molecule has 0 saturated carbocycles. The van der Waals surface area contributed by atoms with Gasteiger partial charge in [0.1, 0.15) is 6.10 Å². The first-order valence-corrected chi connectivity index (χ1v) is 12.3. The first-order chi connectivity index (χ1) is 14.6. The van der Waals surface area contributed by atoms with Crippen molar-refractivity contribution in [3.8, 4) is 0 Å². The number of rotatable bonds is 5. The fourth-order valence-electron chi connectivity index (χ4n) is 4.36. The van der Waals surface area contributed by atoms with Gasteiger partial charge in [-0.3, -0.25) is 4.99 Å². The van der Waals surface area contributed by atoms with E-state index in [1.165, 1.54) is 0 Å². The van der Waals surface area contributed by atoms with Crippen LogP contribution in [-0.2, 0) is 26.0 Å². The number of guanidine groups is 1. The third-order valence-corrected chi connectivity index (χ3v) is 7.97. The smallest absolute Gasteiger partial charge is 0.243 e. The molecule has 3 aliphatic rings. The summed E-state index contributed by atoms with van der Waals surface area (Å²) < 4.78 is 38.6. The van der Waals surface area contributed by atoms with Crippen LogP contribution in [0.3, 0.4) is 0 Å². The van der Waals surface area contributed by atoms with Gasteiger partial charge < -0.3 is 19.7 Å². The topological polar surface area (TPSA) is 83.5 Å². The van der Waals surface area contributed by atoms with Gasteiger partial charge in [-0.15, -0.1) is 0 Å². The summed E-state index contributed by atoms with van der Waals surface area (Å²) >= 11 is 0. The Hall–Kier alpha value is -1.68. The van der Waals surface area contributed by atoms with Crippen molar-refractivity contribution >= 4 is 16.0 Å². The molecule has 0 aliphatic carbocycles. The highest BCUT2D eigenvalue weighted by Crippen LogP contribution is 2.22. The molecular weight excluding hydrogens is 404 g/mol. The molecular formula is C21H32N4O4S. The Bertz CT molecular complexity index is 831. The van der Waals surface area contributed by atoms with Crippen LogP contribution in [0, 0.1) is 0 Å². The van der Waals surface area contributed by atoms with Crippen molar-refractivity contribution in [2.45, 2.75) is 49.3 Å². The molecule has 8 nitrogen and oxygen atoms in total. The number of ether oxygens (including phenoxy) is 2. The molecule has 2 atom stereocenters. The minimum absolute atomic E-state index is 0.0786. The van der Waals surface area contributed by atoms with Crippen LogP contribution in [0.2, 0.25) is 0 Å². The number of sulfonamides is 1. The SMILES string of the molecule is CN=C(NCc1ccc(S(=O)(=O)N2CCCC2)cc1)N1CCOC(C2CCCO2)C1. The monoisotopic (exact) mass is 436 g/mol. The molecule has 166 valence electrons. The van der Waals surface area contributed by atoms with E-state index in [-0.39, 0.29) is 12.2 Å². The van der Waals surface area contributed by atoms with Crippen molar-refractivity contribution in [1.82, 2.24) is 14.5 Å². The Kier molecular flexibility index (Phi) is 6.92. The quantitative estimate of drug-likeness (QED) is 0.555. The first kappa shape index (κ1) is 21.5. The van der Waals surface area contributed by atoms with Gasteiger partial charge in [0.05, 0.1) is 17.6 Å². The van der Waals surface area contributed by atoms with Gasteiger partial charge in [0, 0.05) is 46.4 Å². The average molecular weight is 437 g/mol. The summed E-state index contributed by atoms with van der Waals surface area (Å²) in [5.41, 5.74) is 1.01. The van der Waals surface area contributed by atoms with Crippen molar-refractivity contribution in [1.29, 1.82) is 0 Å². The van der Waals surface area contributed by atoms with Crippen LogP contribution in [-0.4, -0.2) is 82.2 Å². The number of nitrogens with one attached hydrogen (secondary N) is 1. The molecule has 3 heterocycles. The highest BCUT2D eigenvalue weighted by atomic mass is 32.2. The van der Waals surface area contributed by atoms with Crippen molar-refractivity contribution in [2.75, 3.05) is 46.4 Å². The number of aliphatic imine (C=N–C) groups is 1. The van der Waals surface area contributed by atoms with E-state index in [4.69, 9.17) is 9.47 Å².